The first-order chi connectivity index (χ1) is 28.7. The second-order valence-electron chi connectivity index (χ2n) is 17.1. The summed E-state index contributed by atoms with van der Waals surface area (Å²) in [5.74, 6) is 0. The number of rotatable bonds is 8. The van der Waals surface area contributed by atoms with Crippen LogP contribution in [-0.4, -0.2) is 0 Å². The van der Waals surface area contributed by atoms with Crippen molar-refractivity contribution in [2.75, 3.05) is 9.80 Å². The Labute approximate surface area is 349 Å². The van der Waals surface area contributed by atoms with Gasteiger partial charge in [0.05, 0.1) is 0 Å². The lowest BCUT2D eigenvalue weighted by molar-refractivity contribution is 0.660. The highest BCUT2D eigenvalue weighted by Gasteiger charge is 2.37. The Morgan fingerprint density at radius 2 is 0.763 bits per heavy atom. The van der Waals surface area contributed by atoms with E-state index in [4.69, 9.17) is 0 Å². The molecule has 0 unspecified atom stereocenters. The molecule has 0 amide bonds. The van der Waals surface area contributed by atoms with Crippen LogP contribution in [0.5, 0.6) is 0 Å². The van der Waals surface area contributed by atoms with E-state index in [-0.39, 0.29) is 10.8 Å². The lowest BCUT2D eigenvalue weighted by Gasteiger charge is -2.29. The second-order valence-corrected chi connectivity index (χ2v) is 17.1. The summed E-state index contributed by atoms with van der Waals surface area (Å²) in [5, 5.41) is 0. The van der Waals surface area contributed by atoms with Crippen molar-refractivity contribution in [1.29, 1.82) is 0 Å². The second kappa shape index (κ2) is 14.2. The molecular weight excluding hydrogens is 713 g/mol. The highest BCUT2D eigenvalue weighted by Crippen LogP contribution is 2.52. The first-order valence-corrected chi connectivity index (χ1v) is 20.8. The molecule has 10 rings (SSSR count). The van der Waals surface area contributed by atoms with Crippen LogP contribution in [0.25, 0.3) is 34.4 Å². The average molecular weight is 761 g/mol. The van der Waals surface area contributed by atoms with Crippen molar-refractivity contribution in [2.24, 2.45) is 0 Å². The van der Waals surface area contributed by atoms with Gasteiger partial charge in [-0.05, 0) is 135 Å². The lowest BCUT2D eigenvalue weighted by atomic mass is 9.81. The van der Waals surface area contributed by atoms with Crippen LogP contribution in [0.4, 0.5) is 34.1 Å². The summed E-state index contributed by atoms with van der Waals surface area (Å²) in [6.45, 7) is 11.6. The van der Waals surface area contributed by atoms with E-state index < -0.39 is 0 Å². The third kappa shape index (κ3) is 6.19. The first-order valence-electron chi connectivity index (χ1n) is 20.8. The maximum Gasteiger partial charge on any atom is 0.0490 e. The van der Waals surface area contributed by atoms with Crippen molar-refractivity contribution in [2.45, 2.75) is 45.4 Å². The molecule has 286 valence electrons. The molecule has 0 saturated heterocycles. The van der Waals surface area contributed by atoms with Crippen LogP contribution in [0.15, 0.2) is 188 Å². The quantitative estimate of drug-likeness (QED) is 0.142. The summed E-state index contributed by atoms with van der Waals surface area (Å²) >= 11 is 0. The largest absolute Gasteiger partial charge is 0.310 e. The van der Waals surface area contributed by atoms with Gasteiger partial charge in [-0.3, -0.25) is 0 Å². The number of benzene rings is 8. The van der Waals surface area contributed by atoms with Gasteiger partial charge in [-0.25, -0.2) is 0 Å². The topological polar surface area (TPSA) is 6.48 Å². The standard InChI is InChI=1S/C57H48N2/c1-39-16-12-15-23-55(39)59(46-32-35-49-47-21-13-14-22-51(47)56(2,3)53(49)38-46)44-29-26-40(27-30-44)24-25-41-28-33-48-50-34-31-45(37-54(50)57(4,5)52(48)36-41)58(42-17-8-6-9-18-42)43-19-10-7-11-20-43/h6-38H,1-5H3/b25-24+. The smallest absolute Gasteiger partial charge is 0.0490 e. The van der Waals surface area contributed by atoms with Crippen LogP contribution in [0.2, 0.25) is 0 Å². The van der Waals surface area contributed by atoms with Crippen molar-refractivity contribution >= 4 is 46.3 Å². The van der Waals surface area contributed by atoms with Gasteiger partial charge >= 0.3 is 0 Å². The third-order valence-electron chi connectivity index (χ3n) is 12.8. The fourth-order valence-electron chi connectivity index (χ4n) is 9.59. The van der Waals surface area contributed by atoms with Crippen LogP contribution >= 0.6 is 0 Å². The van der Waals surface area contributed by atoms with Gasteiger partial charge in [0, 0.05) is 45.0 Å². The number of hydrogen-bond donors (Lipinski definition) is 0. The minimum absolute atomic E-state index is 0.0710. The molecule has 0 atom stereocenters. The molecule has 59 heavy (non-hydrogen) atoms. The summed E-state index contributed by atoms with van der Waals surface area (Å²) < 4.78 is 0. The minimum Gasteiger partial charge on any atom is -0.310 e. The molecule has 0 aromatic heterocycles. The number of anilines is 6. The van der Waals surface area contributed by atoms with E-state index in [2.05, 4.69) is 245 Å². The highest BCUT2D eigenvalue weighted by molar-refractivity contribution is 5.88. The number of para-hydroxylation sites is 3. The zero-order chi connectivity index (χ0) is 40.3. The van der Waals surface area contributed by atoms with E-state index >= 15 is 0 Å². The normalized spacial score (nSPS) is 14.1. The Bertz CT molecular complexity index is 2840. The fourth-order valence-corrected chi connectivity index (χ4v) is 9.59. The maximum absolute atomic E-state index is 2.41. The molecule has 2 aliphatic carbocycles. The van der Waals surface area contributed by atoms with Gasteiger partial charge in [0.15, 0.2) is 0 Å². The van der Waals surface area contributed by atoms with Crippen LogP contribution in [0.3, 0.4) is 0 Å². The van der Waals surface area contributed by atoms with E-state index in [0.29, 0.717) is 0 Å². The molecule has 0 heterocycles. The van der Waals surface area contributed by atoms with Gasteiger partial charge in [0.25, 0.3) is 0 Å². The van der Waals surface area contributed by atoms with Gasteiger partial charge in [-0.2, -0.15) is 0 Å². The lowest BCUT2D eigenvalue weighted by Crippen LogP contribution is -2.16. The zero-order valence-corrected chi connectivity index (χ0v) is 34.4. The maximum atomic E-state index is 2.41. The van der Waals surface area contributed by atoms with Gasteiger partial charge in [0.1, 0.15) is 0 Å². The van der Waals surface area contributed by atoms with E-state index in [1.807, 2.05) is 0 Å². The van der Waals surface area contributed by atoms with E-state index in [1.54, 1.807) is 0 Å². The summed E-state index contributed by atoms with van der Waals surface area (Å²) in [6, 6.07) is 68.8. The summed E-state index contributed by atoms with van der Waals surface area (Å²) in [4.78, 5) is 4.76. The monoisotopic (exact) mass is 760 g/mol. The Morgan fingerprint density at radius 1 is 0.339 bits per heavy atom. The average Bonchev–Trinajstić information content (AvgIpc) is 3.63. The molecule has 2 aliphatic rings. The summed E-state index contributed by atoms with van der Waals surface area (Å²) in [7, 11) is 0. The van der Waals surface area contributed by atoms with Gasteiger partial charge in [-0.1, -0.05) is 161 Å². The molecule has 0 spiro atoms. The van der Waals surface area contributed by atoms with E-state index in [1.165, 1.54) is 72.6 Å². The van der Waals surface area contributed by atoms with Crippen molar-refractivity contribution < 1.29 is 0 Å². The van der Waals surface area contributed by atoms with E-state index in [0.717, 1.165) is 22.7 Å². The minimum atomic E-state index is -0.153. The molecule has 0 N–H and O–H groups in total. The molecule has 8 aromatic rings. The van der Waals surface area contributed by atoms with Crippen molar-refractivity contribution in [3.8, 4) is 22.3 Å². The molecular formula is C57H48N2. The molecule has 0 aliphatic heterocycles. The van der Waals surface area contributed by atoms with Crippen LogP contribution in [-0.2, 0) is 10.8 Å². The fraction of sp³-hybridized carbons (Fsp3) is 0.123. The molecule has 0 fully saturated rings. The van der Waals surface area contributed by atoms with Gasteiger partial charge in [-0.15, -0.1) is 0 Å². The SMILES string of the molecule is Cc1ccccc1N(c1ccc(/C=C/c2ccc3c(c2)C(C)(C)c2cc(N(c4ccccc4)c4ccccc4)ccc2-3)cc1)c1ccc2c(c1)C(C)(C)c1ccccc1-2. The summed E-state index contributed by atoms with van der Waals surface area (Å²) in [5.41, 5.74) is 21.1. The van der Waals surface area contributed by atoms with Crippen molar-refractivity contribution in [3.63, 3.8) is 0 Å². The molecule has 0 saturated carbocycles. The van der Waals surface area contributed by atoms with Crippen molar-refractivity contribution in [1.82, 2.24) is 0 Å². The Balaban J connectivity index is 0.943. The zero-order valence-electron chi connectivity index (χ0n) is 34.4. The number of aryl methyl sites for hydroxylation is 1. The van der Waals surface area contributed by atoms with Crippen LogP contribution in [0.1, 0.15) is 66.6 Å². The Hall–Kier alpha value is -6.90. The molecule has 2 heteroatoms. The molecule has 0 bridgehead atoms. The Kier molecular flexibility index (Phi) is 8.76. The van der Waals surface area contributed by atoms with Crippen LogP contribution < -0.4 is 9.80 Å². The third-order valence-corrected chi connectivity index (χ3v) is 12.8. The summed E-state index contributed by atoms with van der Waals surface area (Å²) in [6.07, 6.45) is 4.50. The van der Waals surface area contributed by atoms with Gasteiger partial charge in [0.2, 0.25) is 0 Å². The molecule has 0 radical (unpaired) electrons. The predicted octanol–water partition coefficient (Wildman–Crippen LogP) is 15.7. The van der Waals surface area contributed by atoms with Crippen molar-refractivity contribution in [3.05, 3.63) is 227 Å². The van der Waals surface area contributed by atoms with Gasteiger partial charge < -0.3 is 9.80 Å². The number of fused-ring (bicyclic) bond motifs is 6. The molecule has 2 nitrogen and oxygen atoms in total. The highest BCUT2D eigenvalue weighted by atomic mass is 15.1. The number of hydrogen-bond acceptors (Lipinski definition) is 2. The molecule has 8 aromatic carbocycles. The first kappa shape index (κ1) is 36.4. The number of nitrogens with zero attached hydrogens (tertiary/aromatic N) is 2. The van der Waals surface area contributed by atoms with E-state index in [9.17, 15) is 0 Å². The Morgan fingerprint density at radius 3 is 1.39 bits per heavy atom. The predicted molar refractivity (Wildman–Crippen MR) is 251 cm³/mol. The van der Waals surface area contributed by atoms with Crippen LogP contribution in [0, 0.1) is 6.92 Å².